The summed E-state index contributed by atoms with van der Waals surface area (Å²) in [6.07, 6.45) is -0.541. The van der Waals surface area contributed by atoms with Crippen molar-refractivity contribution in [3.05, 3.63) is 77.0 Å². The fourth-order valence-corrected chi connectivity index (χ4v) is 4.18. The van der Waals surface area contributed by atoms with Gasteiger partial charge >= 0.3 is 0 Å². The van der Waals surface area contributed by atoms with Gasteiger partial charge in [0.25, 0.3) is 5.91 Å². The second-order valence-electron chi connectivity index (χ2n) is 7.22. The quantitative estimate of drug-likeness (QED) is 0.835. The number of carbonyl (C=O) groups excluding carboxylic acids is 1. The van der Waals surface area contributed by atoms with E-state index in [0.29, 0.717) is 16.6 Å². The van der Waals surface area contributed by atoms with Gasteiger partial charge in [-0.1, -0.05) is 48.5 Å². The van der Waals surface area contributed by atoms with Crippen LogP contribution >= 0.6 is 11.6 Å². The predicted molar refractivity (Wildman–Crippen MR) is 116 cm³/mol. The van der Waals surface area contributed by atoms with E-state index in [-0.39, 0.29) is 5.91 Å². The van der Waals surface area contributed by atoms with Crippen LogP contribution < -0.4 is 10.2 Å². The van der Waals surface area contributed by atoms with Crippen molar-refractivity contribution in [1.29, 1.82) is 0 Å². The number of hydrogen-bond donors (Lipinski definition) is 1. The molecule has 7 heteroatoms. The highest BCUT2D eigenvalue weighted by molar-refractivity contribution is 6.35. The predicted octanol–water partition coefficient (Wildman–Crippen LogP) is 2.68. The summed E-state index contributed by atoms with van der Waals surface area (Å²) in [4.78, 5) is 26.8. The van der Waals surface area contributed by atoms with Gasteiger partial charge in [-0.3, -0.25) is 14.6 Å². The molecule has 29 heavy (non-hydrogen) atoms. The van der Waals surface area contributed by atoms with Crippen LogP contribution in [0.2, 0.25) is 5.02 Å². The van der Waals surface area contributed by atoms with E-state index in [4.69, 9.17) is 21.6 Å². The lowest BCUT2D eigenvalue weighted by molar-refractivity contribution is -0.122. The number of aliphatic imine (C=N–C) groups is 2. The third-order valence-electron chi connectivity index (χ3n) is 5.40. The van der Waals surface area contributed by atoms with Gasteiger partial charge in [-0.25, -0.2) is 9.98 Å². The Hall–Kier alpha value is -2.80. The van der Waals surface area contributed by atoms with Gasteiger partial charge in [0.2, 0.25) is 0 Å². The van der Waals surface area contributed by atoms with Gasteiger partial charge in [0.05, 0.1) is 17.1 Å². The highest BCUT2D eigenvalue weighted by Crippen LogP contribution is 2.35. The molecule has 3 aliphatic heterocycles. The molecule has 6 nitrogen and oxygen atoms in total. The molecule has 1 saturated heterocycles. The number of piperazine rings is 1. The molecule has 1 amide bonds. The SMILES string of the molecule is C=C1N=C(c2ccccc2)c2cc(Cl)ccc2N2C(=O)C(N3CCNCC3)N=C12. The van der Waals surface area contributed by atoms with Crippen molar-refractivity contribution in [3.63, 3.8) is 0 Å². The first kappa shape index (κ1) is 18.2. The Bertz CT molecular complexity index is 1060. The first-order valence-corrected chi connectivity index (χ1v) is 10.0. The molecule has 2 aromatic rings. The van der Waals surface area contributed by atoms with E-state index in [1.54, 1.807) is 11.0 Å². The summed E-state index contributed by atoms with van der Waals surface area (Å²) in [5, 5.41) is 3.90. The monoisotopic (exact) mass is 405 g/mol. The fraction of sp³-hybridized carbons (Fsp3) is 0.227. The highest BCUT2D eigenvalue weighted by Gasteiger charge is 2.42. The topological polar surface area (TPSA) is 60.3 Å². The molecule has 3 aliphatic rings. The second-order valence-corrected chi connectivity index (χ2v) is 7.66. The van der Waals surface area contributed by atoms with Crippen LogP contribution in [0.1, 0.15) is 11.1 Å². The Morgan fingerprint density at radius 3 is 2.62 bits per heavy atom. The summed E-state index contributed by atoms with van der Waals surface area (Å²) in [6, 6.07) is 15.4. The average Bonchev–Trinajstić information content (AvgIpc) is 3.04. The van der Waals surface area contributed by atoms with Crippen LogP contribution in [0.15, 0.2) is 70.8 Å². The van der Waals surface area contributed by atoms with Crippen LogP contribution in [0.4, 0.5) is 5.69 Å². The molecule has 0 aromatic heterocycles. The van der Waals surface area contributed by atoms with Crippen molar-refractivity contribution in [1.82, 2.24) is 10.2 Å². The zero-order valence-corrected chi connectivity index (χ0v) is 16.6. The zero-order chi connectivity index (χ0) is 20.0. The van der Waals surface area contributed by atoms with E-state index < -0.39 is 6.17 Å². The Morgan fingerprint density at radius 1 is 1.10 bits per heavy atom. The van der Waals surface area contributed by atoms with Gasteiger partial charge in [-0.15, -0.1) is 0 Å². The molecule has 0 saturated carbocycles. The summed E-state index contributed by atoms with van der Waals surface area (Å²) in [7, 11) is 0. The number of hydrogen-bond acceptors (Lipinski definition) is 5. The molecule has 0 bridgehead atoms. The largest absolute Gasteiger partial charge is 0.314 e. The van der Waals surface area contributed by atoms with E-state index in [1.807, 2.05) is 42.5 Å². The molecular formula is C22H20ClN5O. The molecular weight excluding hydrogens is 386 g/mol. The number of benzene rings is 2. The molecule has 5 rings (SSSR count). The molecule has 146 valence electrons. The number of amidine groups is 1. The van der Waals surface area contributed by atoms with Crippen LogP contribution in [0.25, 0.3) is 0 Å². The third kappa shape index (κ3) is 3.09. The van der Waals surface area contributed by atoms with Gasteiger partial charge in [0.15, 0.2) is 12.0 Å². The Morgan fingerprint density at radius 2 is 1.86 bits per heavy atom. The first-order chi connectivity index (χ1) is 14.1. The molecule has 1 N–H and O–H groups in total. The van der Waals surface area contributed by atoms with Gasteiger partial charge in [-0.2, -0.15) is 0 Å². The summed E-state index contributed by atoms with van der Waals surface area (Å²) in [5.74, 6) is 0.434. The molecule has 0 spiro atoms. The van der Waals surface area contributed by atoms with Gasteiger partial charge < -0.3 is 5.32 Å². The van der Waals surface area contributed by atoms with Crippen molar-refractivity contribution in [2.24, 2.45) is 9.98 Å². The summed E-state index contributed by atoms with van der Waals surface area (Å²) in [5.41, 5.74) is 3.67. The van der Waals surface area contributed by atoms with E-state index in [9.17, 15) is 4.79 Å². The summed E-state index contributed by atoms with van der Waals surface area (Å²) < 4.78 is 0. The van der Waals surface area contributed by atoms with E-state index in [1.165, 1.54) is 0 Å². The molecule has 1 unspecified atom stereocenters. The number of anilines is 1. The van der Waals surface area contributed by atoms with Crippen molar-refractivity contribution in [2.75, 3.05) is 31.1 Å². The third-order valence-corrected chi connectivity index (χ3v) is 5.64. The molecule has 0 aliphatic carbocycles. The van der Waals surface area contributed by atoms with E-state index >= 15 is 0 Å². The van der Waals surface area contributed by atoms with Crippen LogP contribution in [0.5, 0.6) is 0 Å². The molecule has 1 fully saturated rings. The van der Waals surface area contributed by atoms with Crippen molar-refractivity contribution in [2.45, 2.75) is 6.17 Å². The maximum atomic E-state index is 13.5. The Balaban J connectivity index is 1.66. The van der Waals surface area contributed by atoms with Crippen LogP contribution in [0, 0.1) is 0 Å². The van der Waals surface area contributed by atoms with E-state index in [2.05, 4.69) is 16.8 Å². The average molecular weight is 406 g/mol. The lowest BCUT2D eigenvalue weighted by Crippen LogP contribution is -2.51. The molecule has 1 atom stereocenters. The summed E-state index contributed by atoms with van der Waals surface area (Å²) in [6.45, 7) is 7.38. The number of nitrogens with zero attached hydrogens (tertiary/aromatic N) is 4. The number of carbonyl (C=O) groups is 1. The highest BCUT2D eigenvalue weighted by atomic mass is 35.5. The number of nitrogens with one attached hydrogen (secondary N) is 1. The number of halogens is 1. The van der Waals surface area contributed by atoms with E-state index in [0.717, 1.165) is 48.7 Å². The number of amides is 1. The zero-order valence-electron chi connectivity index (χ0n) is 15.8. The van der Waals surface area contributed by atoms with Gasteiger partial charge in [-0.05, 0) is 18.2 Å². The maximum absolute atomic E-state index is 13.5. The van der Waals surface area contributed by atoms with Crippen molar-refractivity contribution in [3.8, 4) is 0 Å². The molecule has 3 heterocycles. The van der Waals surface area contributed by atoms with Crippen LogP contribution in [-0.2, 0) is 4.79 Å². The van der Waals surface area contributed by atoms with Crippen LogP contribution in [0.3, 0.4) is 0 Å². The standard InChI is InChI=1S/C22H20ClN5O/c1-14-20-26-21(27-11-9-24-10-12-27)22(29)28(20)18-8-7-16(23)13-17(18)19(25-14)15-5-3-2-4-6-15/h2-8,13,21,24H,1,9-12H2. The number of fused-ring (bicyclic) bond motifs is 3. The molecule has 0 radical (unpaired) electrons. The normalized spacial score (nSPS) is 22.0. The van der Waals surface area contributed by atoms with Crippen LogP contribution in [-0.4, -0.2) is 54.7 Å². The summed E-state index contributed by atoms with van der Waals surface area (Å²) >= 11 is 6.32. The maximum Gasteiger partial charge on any atom is 0.272 e. The van der Waals surface area contributed by atoms with Crippen molar-refractivity contribution >= 4 is 34.7 Å². The first-order valence-electron chi connectivity index (χ1n) is 9.63. The van der Waals surface area contributed by atoms with Crippen molar-refractivity contribution < 1.29 is 4.79 Å². The van der Waals surface area contributed by atoms with Gasteiger partial charge in [0.1, 0.15) is 0 Å². The van der Waals surface area contributed by atoms with Gasteiger partial charge in [0, 0.05) is 42.3 Å². The second kappa shape index (κ2) is 7.22. The molecule has 2 aromatic carbocycles. The smallest absolute Gasteiger partial charge is 0.272 e. The number of rotatable bonds is 2. The lowest BCUT2D eigenvalue weighted by atomic mass is 10.00. The Labute approximate surface area is 174 Å². The fourth-order valence-electron chi connectivity index (χ4n) is 4.00. The lowest BCUT2D eigenvalue weighted by Gasteiger charge is -2.30. The minimum atomic E-state index is -0.541. The minimum Gasteiger partial charge on any atom is -0.314 e. The minimum absolute atomic E-state index is 0.0730. The Kier molecular flexibility index (Phi) is 4.54.